The molecule has 0 saturated carbocycles. The highest BCUT2D eigenvalue weighted by molar-refractivity contribution is 5.87. The Hall–Kier alpha value is -0.830. The van der Waals surface area contributed by atoms with E-state index >= 15 is 0 Å². The Balaban J connectivity index is 2.52. The lowest BCUT2D eigenvalue weighted by atomic mass is 10.1. The second-order valence-corrected chi connectivity index (χ2v) is 3.51. The van der Waals surface area contributed by atoms with Crippen molar-refractivity contribution in [3.63, 3.8) is 0 Å². The Morgan fingerprint density at radius 3 is 2.75 bits per heavy atom. The summed E-state index contributed by atoms with van der Waals surface area (Å²) in [4.78, 5) is 12.9. The SMILES string of the molecule is C/C=C/C(=O)N1CCC(C)(O)C1. The van der Waals surface area contributed by atoms with Gasteiger partial charge in [0.05, 0.1) is 5.60 Å². The molecule has 1 unspecified atom stereocenters. The van der Waals surface area contributed by atoms with Gasteiger partial charge in [-0.05, 0) is 26.3 Å². The smallest absolute Gasteiger partial charge is 0.246 e. The van der Waals surface area contributed by atoms with E-state index in [2.05, 4.69) is 0 Å². The molecular formula is C9H15NO2. The minimum absolute atomic E-state index is 0.00437. The summed E-state index contributed by atoms with van der Waals surface area (Å²) in [5.41, 5.74) is -0.683. The molecule has 3 nitrogen and oxygen atoms in total. The summed E-state index contributed by atoms with van der Waals surface area (Å²) >= 11 is 0. The van der Waals surface area contributed by atoms with E-state index in [1.165, 1.54) is 6.08 Å². The van der Waals surface area contributed by atoms with Gasteiger partial charge in [-0.2, -0.15) is 0 Å². The molecule has 0 spiro atoms. The van der Waals surface area contributed by atoms with Crippen molar-refractivity contribution in [3.05, 3.63) is 12.2 Å². The molecule has 1 heterocycles. The van der Waals surface area contributed by atoms with E-state index in [-0.39, 0.29) is 5.91 Å². The van der Waals surface area contributed by atoms with Crippen LogP contribution in [0.1, 0.15) is 20.3 Å². The summed E-state index contributed by atoms with van der Waals surface area (Å²) in [6.45, 7) is 4.69. The predicted molar refractivity (Wildman–Crippen MR) is 46.6 cm³/mol. The Kier molecular flexibility index (Phi) is 2.52. The molecule has 1 fully saturated rings. The maximum atomic E-state index is 11.3. The number of aliphatic hydroxyl groups is 1. The quantitative estimate of drug-likeness (QED) is 0.582. The van der Waals surface area contributed by atoms with Crippen molar-refractivity contribution >= 4 is 5.91 Å². The van der Waals surface area contributed by atoms with Crippen LogP contribution in [0, 0.1) is 0 Å². The number of rotatable bonds is 1. The van der Waals surface area contributed by atoms with Crippen LogP contribution in [-0.4, -0.2) is 34.6 Å². The number of allylic oxidation sites excluding steroid dienone is 1. The van der Waals surface area contributed by atoms with Gasteiger partial charge in [0.15, 0.2) is 0 Å². The molecule has 0 radical (unpaired) electrons. The predicted octanol–water partition coefficient (Wildman–Crippen LogP) is 0.546. The number of carbonyl (C=O) groups excluding carboxylic acids is 1. The van der Waals surface area contributed by atoms with Crippen molar-refractivity contribution in [2.75, 3.05) is 13.1 Å². The lowest BCUT2D eigenvalue weighted by molar-refractivity contribution is -0.125. The molecule has 0 bridgehead atoms. The number of amides is 1. The first-order valence-electron chi connectivity index (χ1n) is 4.19. The molecule has 0 aromatic carbocycles. The number of nitrogens with zero attached hydrogens (tertiary/aromatic N) is 1. The van der Waals surface area contributed by atoms with E-state index in [1.807, 2.05) is 6.92 Å². The molecule has 0 aliphatic carbocycles. The van der Waals surface area contributed by atoms with Crippen LogP contribution in [0.15, 0.2) is 12.2 Å². The second kappa shape index (κ2) is 3.27. The molecule has 68 valence electrons. The van der Waals surface area contributed by atoms with E-state index in [9.17, 15) is 9.90 Å². The topological polar surface area (TPSA) is 40.5 Å². The Morgan fingerprint density at radius 1 is 1.67 bits per heavy atom. The van der Waals surface area contributed by atoms with Gasteiger partial charge in [0.2, 0.25) is 5.91 Å². The first-order chi connectivity index (χ1) is 5.55. The fourth-order valence-corrected chi connectivity index (χ4v) is 1.38. The van der Waals surface area contributed by atoms with Crippen molar-refractivity contribution < 1.29 is 9.90 Å². The van der Waals surface area contributed by atoms with Gasteiger partial charge in [0.25, 0.3) is 0 Å². The zero-order chi connectivity index (χ0) is 9.19. The van der Waals surface area contributed by atoms with Crippen LogP contribution in [0.4, 0.5) is 0 Å². The van der Waals surface area contributed by atoms with Gasteiger partial charge in [-0.1, -0.05) is 6.08 Å². The normalized spacial score (nSPS) is 30.1. The highest BCUT2D eigenvalue weighted by Crippen LogP contribution is 2.20. The molecule has 1 aliphatic rings. The molecule has 0 aromatic heterocycles. The van der Waals surface area contributed by atoms with Gasteiger partial charge in [0.1, 0.15) is 0 Å². The van der Waals surface area contributed by atoms with Crippen LogP contribution in [-0.2, 0) is 4.79 Å². The number of carbonyl (C=O) groups is 1. The van der Waals surface area contributed by atoms with Crippen molar-refractivity contribution in [3.8, 4) is 0 Å². The van der Waals surface area contributed by atoms with E-state index in [1.54, 1.807) is 17.9 Å². The summed E-state index contributed by atoms with van der Waals surface area (Å²) in [5, 5.41) is 9.56. The molecular weight excluding hydrogens is 154 g/mol. The zero-order valence-corrected chi connectivity index (χ0v) is 7.58. The average molecular weight is 169 g/mol. The number of hydrogen-bond donors (Lipinski definition) is 1. The first kappa shape index (κ1) is 9.26. The molecule has 0 aromatic rings. The van der Waals surface area contributed by atoms with Crippen molar-refractivity contribution in [2.24, 2.45) is 0 Å². The van der Waals surface area contributed by atoms with E-state index in [0.29, 0.717) is 19.5 Å². The first-order valence-corrected chi connectivity index (χ1v) is 4.19. The fraction of sp³-hybridized carbons (Fsp3) is 0.667. The van der Waals surface area contributed by atoms with Crippen molar-refractivity contribution in [2.45, 2.75) is 25.9 Å². The van der Waals surface area contributed by atoms with Crippen LogP contribution >= 0.6 is 0 Å². The fourth-order valence-electron chi connectivity index (χ4n) is 1.38. The Labute approximate surface area is 72.7 Å². The van der Waals surface area contributed by atoms with Crippen molar-refractivity contribution in [1.82, 2.24) is 4.90 Å². The summed E-state index contributed by atoms with van der Waals surface area (Å²) in [6, 6.07) is 0. The maximum Gasteiger partial charge on any atom is 0.246 e. The molecule has 1 atom stereocenters. The van der Waals surface area contributed by atoms with Crippen LogP contribution in [0.2, 0.25) is 0 Å². The van der Waals surface area contributed by atoms with Crippen LogP contribution in [0.25, 0.3) is 0 Å². The number of likely N-dealkylation sites (tertiary alicyclic amines) is 1. The average Bonchev–Trinajstić information content (AvgIpc) is 2.31. The standard InChI is InChI=1S/C9H15NO2/c1-3-4-8(11)10-6-5-9(2,12)7-10/h3-4,12H,5-7H2,1-2H3/b4-3+. The molecule has 12 heavy (non-hydrogen) atoms. The van der Waals surface area contributed by atoms with Gasteiger partial charge in [0, 0.05) is 13.1 Å². The van der Waals surface area contributed by atoms with Gasteiger partial charge in [-0.3, -0.25) is 4.79 Å². The lowest BCUT2D eigenvalue weighted by Crippen LogP contribution is -2.32. The largest absolute Gasteiger partial charge is 0.388 e. The monoisotopic (exact) mass is 169 g/mol. The molecule has 1 N–H and O–H groups in total. The van der Waals surface area contributed by atoms with Gasteiger partial charge >= 0.3 is 0 Å². The second-order valence-electron chi connectivity index (χ2n) is 3.51. The number of β-amino-alcohol motifs (C(OH)–C–C–N with tert-alkyl or cyclic N) is 1. The zero-order valence-electron chi connectivity index (χ0n) is 7.58. The maximum absolute atomic E-state index is 11.3. The summed E-state index contributed by atoms with van der Waals surface area (Å²) in [7, 11) is 0. The molecule has 1 aliphatic heterocycles. The number of hydrogen-bond acceptors (Lipinski definition) is 2. The van der Waals surface area contributed by atoms with Crippen molar-refractivity contribution in [1.29, 1.82) is 0 Å². The van der Waals surface area contributed by atoms with E-state index < -0.39 is 5.60 Å². The van der Waals surface area contributed by atoms with Gasteiger partial charge in [-0.15, -0.1) is 0 Å². The highest BCUT2D eigenvalue weighted by atomic mass is 16.3. The third-order valence-electron chi connectivity index (χ3n) is 2.07. The Bertz CT molecular complexity index is 209. The van der Waals surface area contributed by atoms with Crippen LogP contribution in [0.3, 0.4) is 0 Å². The van der Waals surface area contributed by atoms with Crippen LogP contribution in [0.5, 0.6) is 0 Å². The Morgan fingerprint density at radius 2 is 2.33 bits per heavy atom. The van der Waals surface area contributed by atoms with Crippen LogP contribution < -0.4 is 0 Å². The van der Waals surface area contributed by atoms with Gasteiger partial charge < -0.3 is 10.0 Å². The summed E-state index contributed by atoms with van der Waals surface area (Å²) < 4.78 is 0. The van der Waals surface area contributed by atoms with Gasteiger partial charge in [-0.25, -0.2) is 0 Å². The molecule has 1 saturated heterocycles. The summed E-state index contributed by atoms with van der Waals surface area (Å²) in [5.74, 6) is -0.00437. The third kappa shape index (κ3) is 2.08. The molecule has 1 amide bonds. The van der Waals surface area contributed by atoms with E-state index in [0.717, 1.165) is 0 Å². The third-order valence-corrected chi connectivity index (χ3v) is 2.07. The minimum atomic E-state index is -0.683. The molecule has 1 rings (SSSR count). The minimum Gasteiger partial charge on any atom is -0.388 e. The molecule has 3 heteroatoms. The summed E-state index contributed by atoms with van der Waals surface area (Å²) in [6.07, 6.45) is 3.92. The highest BCUT2D eigenvalue weighted by Gasteiger charge is 2.32. The van der Waals surface area contributed by atoms with E-state index in [4.69, 9.17) is 0 Å². The lowest BCUT2D eigenvalue weighted by Gasteiger charge is -2.17.